The lowest BCUT2D eigenvalue weighted by Crippen LogP contribution is -2.58. The average molecular weight is 559 g/mol. The normalized spacial score (nSPS) is 25.0. The smallest absolute Gasteiger partial charge is 0.380 e. The van der Waals surface area contributed by atoms with Gasteiger partial charge in [0.05, 0.1) is 17.4 Å². The number of amides is 1. The third-order valence-electron chi connectivity index (χ3n) is 7.80. The molecule has 5 rings (SSSR count). The molecule has 1 heterocycles. The third-order valence-corrected chi connectivity index (χ3v) is 8.57. The van der Waals surface area contributed by atoms with Gasteiger partial charge in [-0.15, -0.1) is 0 Å². The molecule has 0 saturated heterocycles. The first-order valence-electron chi connectivity index (χ1n) is 11.4. The predicted octanol–water partition coefficient (Wildman–Crippen LogP) is 4.96. The Kier molecular flexibility index (Phi) is 6.76. The third kappa shape index (κ3) is 4.96. The molecular formula is C24H27BrF4N4O2. The molecule has 0 unspecified atom stereocenters. The Balaban J connectivity index is 1.36. The van der Waals surface area contributed by atoms with Gasteiger partial charge in [0, 0.05) is 12.6 Å². The molecule has 1 aromatic carbocycles. The number of hydrogen-bond donors (Lipinski definition) is 2. The highest BCUT2D eigenvalue weighted by Gasteiger charge is 2.56. The molecule has 11 heteroatoms. The van der Waals surface area contributed by atoms with Crippen molar-refractivity contribution >= 4 is 27.5 Å². The first-order valence-corrected chi connectivity index (χ1v) is 12.2. The fraction of sp³-hybridized carbons (Fsp3) is 0.542. The van der Waals surface area contributed by atoms with Crippen molar-refractivity contribution in [2.24, 2.45) is 23.2 Å². The molecule has 0 aliphatic heterocycles. The van der Waals surface area contributed by atoms with Crippen LogP contribution in [0.5, 0.6) is 0 Å². The molecule has 6 nitrogen and oxygen atoms in total. The van der Waals surface area contributed by atoms with Gasteiger partial charge in [-0.1, -0.05) is 26.8 Å². The minimum Gasteiger partial charge on any atom is -0.380 e. The molecule has 2 N–H and O–H groups in total. The van der Waals surface area contributed by atoms with E-state index in [-0.39, 0.29) is 29.2 Å². The minimum atomic E-state index is -4.79. The summed E-state index contributed by atoms with van der Waals surface area (Å²) in [4.78, 5) is 25.0. The molecule has 1 aromatic heterocycles. The SMILES string of the molecule is C[C@H]1[C@H](Nc2cnn(CC(=O)NCc3ccc(C(F)(F)F)c(F)c3)c(=O)c2Br)C[C@H]2C[C@@H]1C2(C)C. The van der Waals surface area contributed by atoms with Crippen LogP contribution in [0.15, 0.2) is 33.7 Å². The predicted molar refractivity (Wildman–Crippen MR) is 126 cm³/mol. The van der Waals surface area contributed by atoms with Crippen LogP contribution in [-0.2, 0) is 24.1 Å². The summed E-state index contributed by atoms with van der Waals surface area (Å²) in [6, 6.07) is 2.67. The largest absolute Gasteiger partial charge is 0.419 e. The van der Waals surface area contributed by atoms with E-state index in [0.29, 0.717) is 34.9 Å². The van der Waals surface area contributed by atoms with Crippen LogP contribution in [0.2, 0.25) is 0 Å². The van der Waals surface area contributed by atoms with Crippen LogP contribution in [0.4, 0.5) is 23.2 Å². The number of nitrogens with one attached hydrogen (secondary N) is 2. The minimum absolute atomic E-state index is 0.160. The van der Waals surface area contributed by atoms with Gasteiger partial charge < -0.3 is 10.6 Å². The van der Waals surface area contributed by atoms with Crippen molar-refractivity contribution in [2.75, 3.05) is 5.32 Å². The van der Waals surface area contributed by atoms with Crippen molar-refractivity contribution in [1.29, 1.82) is 0 Å². The number of hydrogen-bond acceptors (Lipinski definition) is 4. The van der Waals surface area contributed by atoms with Gasteiger partial charge in [0.1, 0.15) is 16.8 Å². The summed E-state index contributed by atoms with van der Waals surface area (Å²) < 4.78 is 53.0. The number of benzene rings is 1. The molecule has 2 bridgehead atoms. The Hall–Kier alpha value is -2.43. The van der Waals surface area contributed by atoms with Crippen LogP contribution < -0.4 is 16.2 Å². The van der Waals surface area contributed by atoms with Crippen molar-refractivity contribution in [3.05, 3.63) is 56.2 Å². The van der Waals surface area contributed by atoms with Gasteiger partial charge in [-0.05, 0) is 69.6 Å². The number of nitrogens with zero attached hydrogens (tertiary/aromatic N) is 2. The highest BCUT2D eigenvalue weighted by Crippen LogP contribution is 2.61. The molecule has 0 spiro atoms. The van der Waals surface area contributed by atoms with E-state index in [4.69, 9.17) is 0 Å². The summed E-state index contributed by atoms with van der Waals surface area (Å²) in [6.45, 7) is 6.28. The van der Waals surface area contributed by atoms with Gasteiger partial charge >= 0.3 is 6.18 Å². The molecule has 3 aliphatic rings. The number of carbonyl (C=O) groups excluding carboxylic acids is 1. The second-order valence-electron chi connectivity index (χ2n) is 10.1. The van der Waals surface area contributed by atoms with Crippen molar-refractivity contribution in [3.8, 4) is 0 Å². The van der Waals surface area contributed by atoms with Crippen LogP contribution in [0.3, 0.4) is 0 Å². The van der Waals surface area contributed by atoms with E-state index < -0.39 is 29.0 Å². The van der Waals surface area contributed by atoms with Crippen LogP contribution >= 0.6 is 15.9 Å². The summed E-state index contributed by atoms with van der Waals surface area (Å²) in [5, 5.41) is 10.0. The maximum Gasteiger partial charge on any atom is 0.419 e. The second kappa shape index (κ2) is 9.22. The van der Waals surface area contributed by atoms with E-state index in [9.17, 15) is 27.2 Å². The van der Waals surface area contributed by atoms with Crippen molar-refractivity contribution in [1.82, 2.24) is 15.1 Å². The zero-order valence-corrected chi connectivity index (χ0v) is 21.1. The summed E-state index contributed by atoms with van der Waals surface area (Å²) in [5.41, 5.74) is -0.781. The fourth-order valence-corrected chi connectivity index (χ4v) is 5.93. The van der Waals surface area contributed by atoms with E-state index >= 15 is 0 Å². The highest BCUT2D eigenvalue weighted by atomic mass is 79.9. The fourth-order valence-electron chi connectivity index (χ4n) is 5.51. The first kappa shape index (κ1) is 25.7. The van der Waals surface area contributed by atoms with Crippen molar-refractivity contribution in [3.63, 3.8) is 0 Å². The van der Waals surface area contributed by atoms with E-state index in [1.807, 2.05) is 0 Å². The molecule has 1 amide bonds. The summed E-state index contributed by atoms with van der Waals surface area (Å²) in [7, 11) is 0. The second-order valence-corrected chi connectivity index (χ2v) is 10.9. The summed E-state index contributed by atoms with van der Waals surface area (Å²) >= 11 is 3.32. The Labute approximate surface area is 208 Å². The summed E-state index contributed by atoms with van der Waals surface area (Å²) in [6.07, 6.45) is -1.03. The topological polar surface area (TPSA) is 76.0 Å². The van der Waals surface area contributed by atoms with Crippen LogP contribution in [0, 0.1) is 29.0 Å². The average Bonchev–Trinajstić information content (AvgIpc) is 2.77. The van der Waals surface area contributed by atoms with Gasteiger partial charge in [-0.25, -0.2) is 9.07 Å². The van der Waals surface area contributed by atoms with E-state index in [1.54, 1.807) is 0 Å². The lowest BCUT2D eigenvalue weighted by molar-refractivity contribution is -0.140. The number of anilines is 1. The zero-order valence-electron chi connectivity index (χ0n) is 19.5. The Bertz CT molecular complexity index is 1200. The first-order chi connectivity index (χ1) is 16.3. The van der Waals surface area contributed by atoms with Crippen LogP contribution in [0.1, 0.15) is 44.7 Å². The number of rotatable bonds is 6. The molecule has 2 aromatic rings. The molecule has 3 aliphatic carbocycles. The molecule has 0 radical (unpaired) electrons. The van der Waals surface area contributed by atoms with Gasteiger partial charge in [-0.3, -0.25) is 9.59 Å². The number of fused-ring (bicyclic) bond motifs is 2. The highest BCUT2D eigenvalue weighted by molar-refractivity contribution is 9.10. The maximum absolute atomic E-state index is 13.7. The lowest BCUT2D eigenvalue weighted by atomic mass is 9.45. The lowest BCUT2D eigenvalue weighted by Gasteiger charge is -2.62. The van der Waals surface area contributed by atoms with Gasteiger partial charge in [0.2, 0.25) is 5.91 Å². The summed E-state index contributed by atoms with van der Waals surface area (Å²) in [5.74, 6) is -0.272. The molecule has 190 valence electrons. The number of carbonyl (C=O) groups is 1. The maximum atomic E-state index is 13.7. The Morgan fingerprint density at radius 2 is 2.00 bits per heavy atom. The molecule has 3 saturated carbocycles. The molecular weight excluding hydrogens is 532 g/mol. The van der Waals surface area contributed by atoms with Crippen LogP contribution in [-0.4, -0.2) is 21.7 Å². The number of aromatic nitrogens is 2. The van der Waals surface area contributed by atoms with Gasteiger partial charge in [-0.2, -0.15) is 18.3 Å². The molecule has 3 fully saturated rings. The number of halogens is 5. The van der Waals surface area contributed by atoms with Crippen LogP contribution in [0.25, 0.3) is 0 Å². The van der Waals surface area contributed by atoms with E-state index in [1.165, 1.54) is 12.6 Å². The molecule has 4 atom stereocenters. The van der Waals surface area contributed by atoms with E-state index in [2.05, 4.69) is 52.4 Å². The van der Waals surface area contributed by atoms with Gasteiger partial charge in [0.15, 0.2) is 0 Å². The number of alkyl halides is 3. The van der Waals surface area contributed by atoms with E-state index in [0.717, 1.165) is 23.2 Å². The Morgan fingerprint density at radius 1 is 1.29 bits per heavy atom. The van der Waals surface area contributed by atoms with Crippen molar-refractivity contribution in [2.45, 2.75) is 58.9 Å². The Morgan fingerprint density at radius 3 is 2.60 bits per heavy atom. The standard InChI is InChI=1S/C24H27BrF4N4O2/c1-12-16-7-14(23(16,2)3)8-18(12)32-19-10-31-33(22(35)21(19)25)11-20(34)30-9-13-4-5-15(17(26)6-13)24(27,28)29/h4-6,10,12,14,16,18,32H,7-9,11H2,1-3H3,(H,30,34)/t12-,14-,16+,18-/m1/s1. The van der Waals surface area contributed by atoms with Gasteiger partial charge in [0.25, 0.3) is 5.56 Å². The quantitative estimate of drug-likeness (QED) is 0.491. The monoisotopic (exact) mass is 558 g/mol. The van der Waals surface area contributed by atoms with Crippen molar-refractivity contribution < 1.29 is 22.4 Å². The zero-order chi connectivity index (χ0) is 25.7. The molecule has 35 heavy (non-hydrogen) atoms.